The molecule has 0 unspecified atom stereocenters. The Hall–Kier alpha value is -1.72. The SMILES string of the molecule is O=[N+]([O-])c1ccc(Cl)c2c1Nc1ccccc1S2. The zero-order chi connectivity index (χ0) is 12.7. The van der Waals surface area contributed by atoms with Crippen LogP contribution >= 0.6 is 23.4 Å². The minimum atomic E-state index is -0.406. The number of nitro benzene ring substituents is 1. The highest BCUT2D eigenvalue weighted by atomic mass is 35.5. The first-order valence-corrected chi connectivity index (χ1v) is 6.37. The van der Waals surface area contributed by atoms with Crippen molar-refractivity contribution in [3.63, 3.8) is 0 Å². The maximum absolute atomic E-state index is 11.0. The summed E-state index contributed by atoms with van der Waals surface area (Å²) in [4.78, 5) is 12.3. The van der Waals surface area contributed by atoms with Crippen LogP contribution in [0.2, 0.25) is 5.02 Å². The van der Waals surface area contributed by atoms with E-state index in [2.05, 4.69) is 5.32 Å². The first kappa shape index (κ1) is 11.4. The predicted octanol–water partition coefficient (Wildman–Crippen LogP) is 4.46. The van der Waals surface area contributed by atoms with Crippen LogP contribution in [0.15, 0.2) is 46.2 Å². The van der Waals surface area contributed by atoms with Crippen LogP contribution in [0.25, 0.3) is 0 Å². The van der Waals surface area contributed by atoms with Crippen LogP contribution in [0, 0.1) is 10.1 Å². The summed E-state index contributed by atoms with van der Waals surface area (Å²) in [6.07, 6.45) is 0. The number of anilines is 2. The normalized spacial score (nSPS) is 12.3. The third kappa shape index (κ3) is 1.72. The van der Waals surface area contributed by atoms with Gasteiger partial charge in [-0.3, -0.25) is 10.1 Å². The molecule has 0 saturated carbocycles. The summed E-state index contributed by atoms with van der Waals surface area (Å²) in [6, 6.07) is 10.6. The molecule has 2 aromatic carbocycles. The second-order valence-corrected chi connectivity index (χ2v) is 5.21. The summed E-state index contributed by atoms with van der Waals surface area (Å²) >= 11 is 7.54. The fourth-order valence-electron chi connectivity index (χ4n) is 1.82. The van der Waals surface area contributed by atoms with Crippen LogP contribution in [-0.2, 0) is 0 Å². The number of nitro groups is 1. The first-order valence-electron chi connectivity index (χ1n) is 5.17. The minimum absolute atomic E-state index is 0.0383. The number of para-hydroxylation sites is 1. The molecule has 1 N–H and O–H groups in total. The van der Waals surface area contributed by atoms with Crippen molar-refractivity contribution in [2.24, 2.45) is 0 Å². The third-order valence-electron chi connectivity index (χ3n) is 2.64. The fourth-order valence-corrected chi connectivity index (χ4v) is 3.12. The van der Waals surface area contributed by atoms with Crippen LogP contribution in [0.1, 0.15) is 0 Å². The highest BCUT2D eigenvalue weighted by Gasteiger charge is 2.25. The lowest BCUT2D eigenvalue weighted by Crippen LogP contribution is -2.03. The minimum Gasteiger partial charge on any atom is -0.348 e. The summed E-state index contributed by atoms with van der Waals surface area (Å²) in [7, 11) is 0. The Balaban J connectivity index is 2.20. The highest BCUT2D eigenvalue weighted by molar-refractivity contribution is 7.99. The Morgan fingerprint density at radius 2 is 2.00 bits per heavy atom. The van der Waals surface area contributed by atoms with Crippen molar-refractivity contribution in [1.82, 2.24) is 0 Å². The molecular weight excluding hydrogens is 272 g/mol. The van der Waals surface area contributed by atoms with Gasteiger partial charge in [-0.2, -0.15) is 0 Å². The van der Waals surface area contributed by atoms with Crippen molar-refractivity contribution < 1.29 is 4.92 Å². The van der Waals surface area contributed by atoms with Gasteiger partial charge >= 0.3 is 0 Å². The number of nitrogens with zero attached hydrogens (tertiary/aromatic N) is 1. The van der Waals surface area contributed by atoms with Gasteiger partial charge in [-0.25, -0.2) is 0 Å². The van der Waals surface area contributed by atoms with E-state index in [-0.39, 0.29) is 5.69 Å². The Labute approximate surface area is 112 Å². The van der Waals surface area contributed by atoms with Crippen molar-refractivity contribution in [3.05, 3.63) is 51.5 Å². The van der Waals surface area contributed by atoms with Gasteiger partial charge in [0.25, 0.3) is 5.69 Å². The van der Waals surface area contributed by atoms with Crippen LogP contribution < -0.4 is 5.32 Å². The molecule has 0 fully saturated rings. The number of fused-ring (bicyclic) bond motifs is 2. The van der Waals surface area contributed by atoms with Gasteiger partial charge in [0.05, 0.1) is 20.5 Å². The molecule has 0 bridgehead atoms. The molecule has 0 spiro atoms. The average molecular weight is 279 g/mol. The summed E-state index contributed by atoms with van der Waals surface area (Å²) in [6.45, 7) is 0. The Kier molecular flexibility index (Phi) is 2.65. The molecule has 18 heavy (non-hydrogen) atoms. The van der Waals surface area contributed by atoms with Gasteiger partial charge in [0.15, 0.2) is 0 Å². The zero-order valence-corrected chi connectivity index (χ0v) is 10.6. The van der Waals surface area contributed by atoms with Crippen LogP contribution in [0.5, 0.6) is 0 Å². The molecule has 90 valence electrons. The molecule has 1 heterocycles. The maximum Gasteiger partial charge on any atom is 0.293 e. The molecule has 4 nitrogen and oxygen atoms in total. The number of benzene rings is 2. The van der Waals surface area contributed by atoms with E-state index in [4.69, 9.17) is 11.6 Å². The zero-order valence-electron chi connectivity index (χ0n) is 9.01. The van der Waals surface area contributed by atoms with E-state index in [9.17, 15) is 10.1 Å². The van der Waals surface area contributed by atoms with Gasteiger partial charge < -0.3 is 5.32 Å². The molecule has 0 radical (unpaired) electrons. The molecule has 2 aromatic rings. The standard InChI is InChI=1S/C12H7ClN2O2S/c13-7-5-6-9(15(16)17)11-12(7)18-10-4-2-1-3-8(10)14-11/h1-6,14H. The number of rotatable bonds is 1. The quantitative estimate of drug-likeness (QED) is 0.527. The second kappa shape index (κ2) is 4.19. The van der Waals surface area contributed by atoms with Gasteiger partial charge in [0, 0.05) is 11.0 Å². The predicted molar refractivity (Wildman–Crippen MR) is 72.0 cm³/mol. The first-order chi connectivity index (χ1) is 8.66. The largest absolute Gasteiger partial charge is 0.348 e. The Morgan fingerprint density at radius 3 is 2.78 bits per heavy atom. The lowest BCUT2D eigenvalue weighted by Gasteiger charge is -2.21. The van der Waals surface area contributed by atoms with Gasteiger partial charge in [-0.1, -0.05) is 35.5 Å². The smallest absolute Gasteiger partial charge is 0.293 e. The van der Waals surface area contributed by atoms with E-state index in [1.807, 2.05) is 24.3 Å². The third-order valence-corrected chi connectivity index (χ3v) is 4.27. The number of nitrogens with one attached hydrogen (secondary N) is 1. The molecule has 0 saturated heterocycles. The highest BCUT2D eigenvalue weighted by Crippen LogP contribution is 2.50. The number of halogens is 1. The topological polar surface area (TPSA) is 55.2 Å². The average Bonchev–Trinajstić information content (AvgIpc) is 2.37. The van der Waals surface area contributed by atoms with Gasteiger partial charge in [0.1, 0.15) is 5.69 Å². The maximum atomic E-state index is 11.0. The summed E-state index contributed by atoms with van der Waals surface area (Å²) in [5.74, 6) is 0. The number of hydrogen-bond acceptors (Lipinski definition) is 4. The summed E-state index contributed by atoms with van der Waals surface area (Å²) in [5.41, 5.74) is 1.37. The summed E-state index contributed by atoms with van der Waals surface area (Å²) in [5, 5.41) is 14.6. The van der Waals surface area contributed by atoms with E-state index in [1.54, 1.807) is 6.07 Å². The van der Waals surface area contributed by atoms with E-state index < -0.39 is 4.92 Å². The van der Waals surface area contributed by atoms with Crippen LogP contribution in [-0.4, -0.2) is 4.92 Å². The van der Waals surface area contributed by atoms with E-state index >= 15 is 0 Å². The molecule has 1 aliphatic heterocycles. The van der Waals surface area contributed by atoms with Crippen molar-refractivity contribution in [1.29, 1.82) is 0 Å². The monoisotopic (exact) mass is 278 g/mol. The van der Waals surface area contributed by atoms with E-state index in [1.165, 1.54) is 17.8 Å². The van der Waals surface area contributed by atoms with E-state index in [0.717, 1.165) is 10.6 Å². The van der Waals surface area contributed by atoms with Crippen molar-refractivity contribution in [3.8, 4) is 0 Å². The van der Waals surface area contributed by atoms with Gasteiger partial charge in [-0.05, 0) is 18.2 Å². The van der Waals surface area contributed by atoms with E-state index in [0.29, 0.717) is 15.6 Å². The van der Waals surface area contributed by atoms with Crippen molar-refractivity contribution >= 4 is 40.4 Å². The molecular formula is C12H7ClN2O2S. The Bertz CT molecular complexity index is 661. The fraction of sp³-hybridized carbons (Fsp3) is 0. The second-order valence-electron chi connectivity index (χ2n) is 3.75. The Morgan fingerprint density at radius 1 is 1.22 bits per heavy atom. The van der Waals surface area contributed by atoms with Crippen molar-refractivity contribution in [2.45, 2.75) is 9.79 Å². The molecule has 0 amide bonds. The lowest BCUT2D eigenvalue weighted by atomic mass is 10.2. The van der Waals surface area contributed by atoms with Gasteiger partial charge in [0.2, 0.25) is 0 Å². The van der Waals surface area contributed by atoms with Gasteiger partial charge in [-0.15, -0.1) is 0 Å². The molecule has 3 rings (SSSR count). The molecule has 0 aliphatic carbocycles. The van der Waals surface area contributed by atoms with Crippen LogP contribution in [0.3, 0.4) is 0 Å². The molecule has 1 aliphatic rings. The van der Waals surface area contributed by atoms with Crippen molar-refractivity contribution in [2.75, 3.05) is 5.32 Å². The summed E-state index contributed by atoms with van der Waals surface area (Å²) < 4.78 is 0. The lowest BCUT2D eigenvalue weighted by molar-refractivity contribution is -0.384. The molecule has 0 aromatic heterocycles. The molecule has 6 heteroatoms. The number of hydrogen-bond donors (Lipinski definition) is 1. The van der Waals surface area contributed by atoms with Crippen LogP contribution in [0.4, 0.5) is 17.1 Å². The molecule has 0 atom stereocenters.